The van der Waals surface area contributed by atoms with Crippen LogP contribution in [0.1, 0.15) is 49.9 Å². The van der Waals surface area contributed by atoms with Crippen molar-refractivity contribution < 1.29 is 4.39 Å². The summed E-state index contributed by atoms with van der Waals surface area (Å²) >= 11 is 0. The molecule has 8 aromatic rings. The van der Waals surface area contributed by atoms with Crippen LogP contribution in [0.25, 0.3) is 76.8 Å². The summed E-state index contributed by atoms with van der Waals surface area (Å²) in [6, 6.07) is 49.9. The van der Waals surface area contributed by atoms with Crippen LogP contribution in [0, 0.1) is 5.82 Å². The van der Waals surface area contributed by atoms with E-state index in [1.165, 1.54) is 88.0 Å². The van der Waals surface area contributed by atoms with Crippen LogP contribution in [0.4, 0.5) is 4.39 Å². The van der Waals surface area contributed by atoms with Crippen LogP contribution in [0.15, 0.2) is 140 Å². The summed E-state index contributed by atoms with van der Waals surface area (Å²) in [5, 5.41) is 7.39. The second kappa shape index (κ2) is 9.77. The van der Waals surface area contributed by atoms with Gasteiger partial charge in [-0.05, 0) is 117 Å². The maximum atomic E-state index is 14.2. The predicted molar refractivity (Wildman–Crippen MR) is 205 cm³/mol. The third kappa shape index (κ3) is 3.68. The summed E-state index contributed by atoms with van der Waals surface area (Å²) in [5.41, 5.74) is 15.4. The zero-order valence-electron chi connectivity index (χ0n) is 28.2. The molecular weight excluding hydrogens is 596 g/mol. The molecule has 8 aromatic carbocycles. The van der Waals surface area contributed by atoms with Gasteiger partial charge < -0.3 is 0 Å². The van der Waals surface area contributed by atoms with E-state index in [9.17, 15) is 4.39 Å². The van der Waals surface area contributed by atoms with E-state index in [1.54, 1.807) is 12.1 Å². The molecule has 0 N–H and O–H groups in total. The van der Waals surface area contributed by atoms with Gasteiger partial charge in [0.1, 0.15) is 5.82 Å². The normalized spacial score (nSPS) is 15.0. The average molecular weight is 631 g/mol. The number of hydrogen-bond donors (Lipinski definition) is 0. The molecule has 10 rings (SSSR count). The summed E-state index contributed by atoms with van der Waals surface area (Å²) < 4.78 is 14.2. The molecule has 0 atom stereocenters. The Kier molecular flexibility index (Phi) is 5.68. The van der Waals surface area contributed by atoms with Crippen molar-refractivity contribution in [1.82, 2.24) is 0 Å². The summed E-state index contributed by atoms with van der Waals surface area (Å²) in [6.07, 6.45) is 0. The predicted octanol–water partition coefficient (Wildman–Crippen LogP) is 13.2. The molecule has 0 radical (unpaired) electrons. The van der Waals surface area contributed by atoms with Crippen LogP contribution >= 0.6 is 0 Å². The van der Waals surface area contributed by atoms with Crippen LogP contribution in [-0.4, -0.2) is 0 Å². The largest absolute Gasteiger partial charge is 0.207 e. The number of rotatable bonds is 2. The first kappa shape index (κ1) is 28.5. The van der Waals surface area contributed by atoms with Gasteiger partial charge in [-0.2, -0.15) is 0 Å². The van der Waals surface area contributed by atoms with Gasteiger partial charge in [-0.3, -0.25) is 0 Å². The standard InChI is InChI=1S/C48H35F/c1-47(2)38-19-11-9-17-35(38)44-40(47)26-25-34-37(27-41-45(46(34)44)36-18-10-12-20-39(36)48(41,3)4)43-32-15-7-5-13-30(32)42(28-21-23-29(49)24-22-28)31-14-6-8-16-33(31)43/h5-27H,1-4H3. The van der Waals surface area contributed by atoms with Gasteiger partial charge in [0.2, 0.25) is 0 Å². The average Bonchev–Trinajstić information content (AvgIpc) is 3.50. The minimum Gasteiger partial charge on any atom is -0.207 e. The van der Waals surface area contributed by atoms with E-state index >= 15 is 0 Å². The van der Waals surface area contributed by atoms with Crippen LogP contribution in [0.2, 0.25) is 0 Å². The lowest BCUT2D eigenvalue weighted by Crippen LogP contribution is -2.15. The molecule has 0 nitrogen and oxygen atoms in total. The van der Waals surface area contributed by atoms with E-state index < -0.39 is 0 Å². The molecule has 0 amide bonds. The zero-order valence-corrected chi connectivity index (χ0v) is 28.2. The summed E-state index contributed by atoms with van der Waals surface area (Å²) in [7, 11) is 0. The Labute approximate surface area is 286 Å². The fourth-order valence-electron chi connectivity index (χ4n) is 9.42. The van der Waals surface area contributed by atoms with Gasteiger partial charge in [-0.15, -0.1) is 0 Å². The first-order valence-electron chi connectivity index (χ1n) is 17.3. The molecule has 2 aliphatic carbocycles. The summed E-state index contributed by atoms with van der Waals surface area (Å²) in [5.74, 6) is -0.223. The van der Waals surface area contributed by atoms with Crippen molar-refractivity contribution in [3.63, 3.8) is 0 Å². The van der Waals surface area contributed by atoms with Gasteiger partial charge in [0, 0.05) is 10.8 Å². The molecule has 49 heavy (non-hydrogen) atoms. The Hall–Kier alpha value is -5.53. The summed E-state index contributed by atoms with van der Waals surface area (Å²) in [4.78, 5) is 0. The van der Waals surface area contributed by atoms with Crippen molar-refractivity contribution in [2.75, 3.05) is 0 Å². The molecule has 0 fully saturated rings. The molecule has 0 heterocycles. The zero-order chi connectivity index (χ0) is 33.2. The van der Waals surface area contributed by atoms with Crippen molar-refractivity contribution in [3.8, 4) is 44.5 Å². The van der Waals surface area contributed by atoms with Gasteiger partial charge in [0.15, 0.2) is 0 Å². The topological polar surface area (TPSA) is 0 Å². The number of hydrogen-bond acceptors (Lipinski definition) is 0. The van der Waals surface area contributed by atoms with E-state index in [0.717, 1.165) is 11.1 Å². The molecule has 0 aromatic heterocycles. The smallest absolute Gasteiger partial charge is 0.123 e. The Bertz CT molecular complexity index is 2630. The Morgan fingerprint density at radius 1 is 0.367 bits per heavy atom. The minimum absolute atomic E-state index is 0.104. The molecule has 2 aliphatic rings. The molecule has 0 saturated carbocycles. The number of benzene rings is 8. The van der Waals surface area contributed by atoms with Gasteiger partial charge in [0.05, 0.1) is 0 Å². The van der Waals surface area contributed by atoms with E-state index in [1.807, 2.05) is 12.1 Å². The lowest BCUT2D eigenvalue weighted by atomic mass is 9.77. The van der Waals surface area contributed by atoms with Crippen LogP contribution in [-0.2, 0) is 10.8 Å². The van der Waals surface area contributed by atoms with Crippen molar-refractivity contribution in [2.24, 2.45) is 0 Å². The maximum absolute atomic E-state index is 14.2. The molecule has 1 heteroatoms. The number of fused-ring (bicyclic) bond motifs is 11. The van der Waals surface area contributed by atoms with E-state index in [4.69, 9.17) is 0 Å². The highest BCUT2D eigenvalue weighted by Gasteiger charge is 2.41. The van der Waals surface area contributed by atoms with Gasteiger partial charge in [-0.25, -0.2) is 4.39 Å². The van der Waals surface area contributed by atoms with Crippen molar-refractivity contribution in [1.29, 1.82) is 0 Å². The second-order valence-corrected chi connectivity index (χ2v) is 14.9. The summed E-state index contributed by atoms with van der Waals surface area (Å²) in [6.45, 7) is 9.53. The molecule has 0 spiro atoms. The van der Waals surface area contributed by atoms with Crippen LogP contribution in [0.5, 0.6) is 0 Å². The molecule has 234 valence electrons. The highest BCUT2D eigenvalue weighted by atomic mass is 19.1. The van der Waals surface area contributed by atoms with Crippen molar-refractivity contribution in [3.05, 3.63) is 168 Å². The monoisotopic (exact) mass is 630 g/mol. The Morgan fingerprint density at radius 3 is 1.41 bits per heavy atom. The Morgan fingerprint density at radius 2 is 0.837 bits per heavy atom. The van der Waals surface area contributed by atoms with Gasteiger partial charge in [0.25, 0.3) is 0 Å². The van der Waals surface area contributed by atoms with Gasteiger partial charge >= 0.3 is 0 Å². The van der Waals surface area contributed by atoms with Crippen LogP contribution < -0.4 is 0 Å². The van der Waals surface area contributed by atoms with Gasteiger partial charge in [-0.1, -0.05) is 149 Å². The van der Waals surface area contributed by atoms with E-state index in [0.29, 0.717) is 0 Å². The third-order valence-electron chi connectivity index (χ3n) is 11.7. The SMILES string of the molecule is CC1(C)c2ccccc2-c2c1ccc1c(-c3c4ccccc4c(-c4ccc(F)cc4)c4ccccc34)cc3c(c21)-c1ccccc1C3(C)C. The second-order valence-electron chi connectivity index (χ2n) is 14.9. The maximum Gasteiger partial charge on any atom is 0.123 e. The quantitative estimate of drug-likeness (QED) is 0.167. The molecular formula is C48H35F. The third-order valence-corrected chi connectivity index (χ3v) is 11.7. The highest BCUT2D eigenvalue weighted by molar-refractivity contribution is 6.26. The van der Waals surface area contributed by atoms with Crippen molar-refractivity contribution in [2.45, 2.75) is 38.5 Å². The molecule has 0 saturated heterocycles. The number of halogens is 1. The lowest BCUT2D eigenvalue weighted by molar-refractivity contribution is 0.628. The molecule has 0 aliphatic heterocycles. The fourth-order valence-corrected chi connectivity index (χ4v) is 9.42. The van der Waals surface area contributed by atoms with Crippen LogP contribution in [0.3, 0.4) is 0 Å². The fraction of sp³-hybridized carbons (Fsp3) is 0.125. The minimum atomic E-state index is -0.223. The Balaban J connectivity index is 1.43. The first-order chi connectivity index (χ1) is 23.8. The first-order valence-corrected chi connectivity index (χ1v) is 17.3. The molecule has 0 unspecified atom stereocenters. The highest BCUT2D eigenvalue weighted by Crippen LogP contribution is 2.59. The lowest BCUT2D eigenvalue weighted by Gasteiger charge is -2.26. The van der Waals surface area contributed by atoms with E-state index in [-0.39, 0.29) is 16.6 Å². The van der Waals surface area contributed by atoms with E-state index in [2.05, 4.69) is 143 Å². The molecule has 0 bridgehead atoms. The van der Waals surface area contributed by atoms with Crippen molar-refractivity contribution >= 4 is 32.3 Å².